The topological polar surface area (TPSA) is 42.2 Å². The van der Waals surface area contributed by atoms with Gasteiger partial charge in [0.25, 0.3) is 0 Å². The van der Waals surface area contributed by atoms with Gasteiger partial charge in [0.1, 0.15) is 5.58 Å². The molecule has 0 bridgehead atoms. The highest BCUT2D eigenvalue weighted by molar-refractivity contribution is 5.88. The van der Waals surface area contributed by atoms with Crippen LogP contribution < -0.4 is 5.32 Å². The van der Waals surface area contributed by atoms with Crippen molar-refractivity contribution in [2.45, 2.75) is 58.4 Å². The molecule has 0 radical (unpaired) electrons. The fraction of sp³-hybridized carbons (Fsp3) is 0.526. The van der Waals surface area contributed by atoms with Gasteiger partial charge in [-0.1, -0.05) is 38.8 Å². The second-order valence-electron chi connectivity index (χ2n) is 6.56. The lowest BCUT2D eigenvalue weighted by atomic mass is 9.86. The third-order valence-electron chi connectivity index (χ3n) is 4.94. The quantitative estimate of drug-likeness (QED) is 0.918. The van der Waals surface area contributed by atoms with Crippen LogP contribution in [-0.2, 0) is 17.6 Å². The number of hydrogen-bond acceptors (Lipinski definition) is 2. The van der Waals surface area contributed by atoms with Crippen molar-refractivity contribution in [2.24, 2.45) is 5.92 Å². The summed E-state index contributed by atoms with van der Waals surface area (Å²) < 4.78 is 5.62. The zero-order chi connectivity index (χ0) is 15.5. The third kappa shape index (κ3) is 3.18. The van der Waals surface area contributed by atoms with Crippen LogP contribution in [0.4, 0.5) is 0 Å². The molecule has 3 heteroatoms. The SMILES string of the molecule is CCc1ccc2c(CC(=O)N[C@H]3CCCC[C@@H]3C)coc2c1. The Morgan fingerprint density at radius 2 is 2.14 bits per heavy atom. The molecule has 1 aromatic heterocycles. The minimum Gasteiger partial charge on any atom is -0.464 e. The van der Waals surface area contributed by atoms with Crippen molar-refractivity contribution < 1.29 is 9.21 Å². The van der Waals surface area contributed by atoms with Crippen LogP contribution in [-0.4, -0.2) is 11.9 Å². The molecule has 0 saturated heterocycles. The smallest absolute Gasteiger partial charge is 0.224 e. The van der Waals surface area contributed by atoms with Gasteiger partial charge in [-0.15, -0.1) is 0 Å². The predicted octanol–water partition coefficient (Wildman–Crippen LogP) is 4.23. The van der Waals surface area contributed by atoms with Crippen LogP contribution in [0, 0.1) is 5.92 Å². The van der Waals surface area contributed by atoms with Crippen molar-refractivity contribution in [3.05, 3.63) is 35.6 Å². The summed E-state index contributed by atoms with van der Waals surface area (Å²) in [7, 11) is 0. The molecule has 1 N–H and O–H groups in total. The molecule has 3 rings (SSSR count). The molecular formula is C19H25NO2. The Hall–Kier alpha value is -1.77. The number of nitrogens with one attached hydrogen (secondary N) is 1. The molecule has 1 fully saturated rings. The zero-order valence-corrected chi connectivity index (χ0v) is 13.5. The van der Waals surface area contributed by atoms with E-state index in [1.54, 1.807) is 6.26 Å². The van der Waals surface area contributed by atoms with Gasteiger partial charge in [0.15, 0.2) is 0 Å². The first-order valence-corrected chi connectivity index (χ1v) is 8.45. The molecule has 22 heavy (non-hydrogen) atoms. The van der Waals surface area contributed by atoms with Gasteiger partial charge >= 0.3 is 0 Å². The summed E-state index contributed by atoms with van der Waals surface area (Å²) in [6, 6.07) is 6.59. The molecule has 0 unspecified atom stereocenters. The summed E-state index contributed by atoms with van der Waals surface area (Å²) in [5.74, 6) is 0.701. The molecular weight excluding hydrogens is 274 g/mol. The van der Waals surface area contributed by atoms with Crippen LogP contribution in [0.1, 0.15) is 50.7 Å². The molecule has 2 aromatic rings. The highest BCUT2D eigenvalue weighted by Crippen LogP contribution is 2.25. The first-order valence-electron chi connectivity index (χ1n) is 8.45. The third-order valence-corrected chi connectivity index (χ3v) is 4.94. The van der Waals surface area contributed by atoms with E-state index in [1.165, 1.54) is 24.8 Å². The van der Waals surface area contributed by atoms with E-state index in [0.29, 0.717) is 18.4 Å². The van der Waals surface area contributed by atoms with E-state index in [4.69, 9.17) is 4.42 Å². The van der Waals surface area contributed by atoms with E-state index in [9.17, 15) is 4.79 Å². The number of hydrogen-bond donors (Lipinski definition) is 1. The van der Waals surface area contributed by atoms with E-state index in [1.807, 2.05) is 0 Å². The van der Waals surface area contributed by atoms with Crippen molar-refractivity contribution >= 4 is 16.9 Å². The van der Waals surface area contributed by atoms with Crippen LogP contribution >= 0.6 is 0 Å². The maximum absolute atomic E-state index is 12.3. The summed E-state index contributed by atoms with van der Waals surface area (Å²) in [4.78, 5) is 12.3. The Balaban J connectivity index is 1.68. The molecule has 0 aliphatic heterocycles. The van der Waals surface area contributed by atoms with Crippen LogP contribution in [0.15, 0.2) is 28.9 Å². The molecule has 1 aliphatic rings. The Morgan fingerprint density at radius 1 is 1.32 bits per heavy atom. The summed E-state index contributed by atoms with van der Waals surface area (Å²) in [6.45, 7) is 4.37. The lowest BCUT2D eigenvalue weighted by Gasteiger charge is -2.29. The minimum absolute atomic E-state index is 0.112. The second kappa shape index (κ2) is 6.55. The van der Waals surface area contributed by atoms with Gasteiger partial charge in [-0.05, 0) is 36.8 Å². The van der Waals surface area contributed by atoms with Crippen molar-refractivity contribution in [1.29, 1.82) is 0 Å². The summed E-state index contributed by atoms with van der Waals surface area (Å²) in [5, 5.41) is 4.27. The van der Waals surface area contributed by atoms with Crippen LogP contribution in [0.25, 0.3) is 11.0 Å². The lowest BCUT2D eigenvalue weighted by Crippen LogP contribution is -2.41. The summed E-state index contributed by atoms with van der Waals surface area (Å²) in [5.41, 5.74) is 3.13. The molecule has 0 spiro atoms. The predicted molar refractivity (Wildman–Crippen MR) is 88.9 cm³/mol. The van der Waals surface area contributed by atoms with Crippen LogP contribution in [0.2, 0.25) is 0 Å². The average Bonchev–Trinajstić information content (AvgIpc) is 2.91. The Morgan fingerprint density at radius 3 is 2.91 bits per heavy atom. The number of aryl methyl sites for hydroxylation is 1. The van der Waals surface area contributed by atoms with Gasteiger partial charge in [-0.25, -0.2) is 0 Å². The van der Waals surface area contributed by atoms with Gasteiger partial charge in [0, 0.05) is 17.0 Å². The minimum atomic E-state index is 0.112. The van der Waals surface area contributed by atoms with Crippen LogP contribution in [0.5, 0.6) is 0 Å². The fourth-order valence-corrected chi connectivity index (χ4v) is 3.45. The highest BCUT2D eigenvalue weighted by Gasteiger charge is 2.23. The molecule has 1 saturated carbocycles. The van der Waals surface area contributed by atoms with Gasteiger partial charge in [0.2, 0.25) is 5.91 Å². The monoisotopic (exact) mass is 299 g/mol. The van der Waals surface area contributed by atoms with Crippen molar-refractivity contribution in [3.63, 3.8) is 0 Å². The Kier molecular flexibility index (Phi) is 4.51. The maximum Gasteiger partial charge on any atom is 0.224 e. The van der Waals surface area contributed by atoms with E-state index < -0.39 is 0 Å². The van der Waals surface area contributed by atoms with E-state index in [0.717, 1.165) is 29.4 Å². The maximum atomic E-state index is 12.3. The van der Waals surface area contributed by atoms with E-state index >= 15 is 0 Å². The van der Waals surface area contributed by atoms with Crippen molar-refractivity contribution in [1.82, 2.24) is 5.32 Å². The number of furan rings is 1. The van der Waals surface area contributed by atoms with Gasteiger partial charge in [0.05, 0.1) is 12.7 Å². The number of fused-ring (bicyclic) bond motifs is 1. The van der Waals surface area contributed by atoms with Gasteiger partial charge < -0.3 is 9.73 Å². The molecule has 1 amide bonds. The highest BCUT2D eigenvalue weighted by atomic mass is 16.3. The molecule has 118 valence electrons. The zero-order valence-electron chi connectivity index (χ0n) is 13.5. The number of amides is 1. The van der Waals surface area contributed by atoms with E-state index in [-0.39, 0.29) is 5.91 Å². The molecule has 3 nitrogen and oxygen atoms in total. The molecule has 2 atom stereocenters. The largest absolute Gasteiger partial charge is 0.464 e. The number of benzene rings is 1. The summed E-state index contributed by atoms with van der Waals surface area (Å²) >= 11 is 0. The van der Waals surface area contributed by atoms with Gasteiger partial charge in [-0.2, -0.15) is 0 Å². The number of rotatable bonds is 4. The lowest BCUT2D eigenvalue weighted by molar-refractivity contribution is -0.121. The first kappa shape index (κ1) is 15.1. The second-order valence-corrected chi connectivity index (χ2v) is 6.56. The standard InChI is InChI=1S/C19H25NO2/c1-3-14-8-9-16-15(12-22-18(16)10-14)11-19(21)20-17-7-5-4-6-13(17)2/h8-10,12-13,17H,3-7,11H2,1-2H3,(H,20,21)/t13-,17-/m0/s1. The molecule has 1 aliphatic carbocycles. The average molecular weight is 299 g/mol. The van der Waals surface area contributed by atoms with Crippen LogP contribution in [0.3, 0.4) is 0 Å². The number of carbonyl (C=O) groups is 1. The Bertz CT molecular complexity index is 658. The number of carbonyl (C=O) groups excluding carboxylic acids is 1. The fourth-order valence-electron chi connectivity index (χ4n) is 3.45. The van der Waals surface area contributed by atoms with Crippen molar-refractivity contribution in [3.8, 4) is 0 Å². The normalized spacial score (nSPS) is 21.9. The Labute approximate surface area is 132 Å². The van der Waals surface area contributed by atoms with Gasteiger partial charge in [-0.3, -0.25) is 4.79 Å². The first-order chi connectivity index (χ1) is 10.7. The molecule has 1 heterocycles. The van der Waals surface area contributed by atoms with E-state index in [2.05, 4.69) is 37.4 Å². The van der Waals surface area contributed by atoms with Crippen molar-refractivity contribution in [2.75, 3.05) is 0 Å². The summed E-state index contributed by atoms with van der Waals surface area (Å²) in [6.07, 6.45) is 7.98. The molecule has 1 aromatic carbocycles.